The Morgan fingerprint density at radius 1 is 1.03 bits per heavy atom. The maximum atomic E-state index is 13.5. The van der Waals surface area contributed by atoms with Crippen molar-refractivity contribution in [3.63, 3.8) is 0 Å². The number of aryl methyl sites for hydroxylation is 1. The molecule has 3 aromatic carbocycles. The van der Waals surface area contributed by atoms with Crippen molar-refractivity contribution < 1.29 is 13.2 Å². The van der Waals surface area contributed by atoms with Crippen LogP contribution in [0.1, 0.15) is 28.4 Å². The monoisotopic (exact) mass is 484 g/mol. The third-order valence-corrected chi connectivity index (χ3v) is 8.44. The van der Waals surface area contributed by atoms with E-state index in [1.807, 2.05) is 49.4 Å². The summed E-state index contributed by atoms with van der Waals surface area (Å²) in [5.74, 6) is -0.245. The highest BCUT2D eigenvalue weighted by Crippen LogP contribution is 2.34. The van der Waals surface area contributed by atoms with Gasteiger partial charge in [0.15, 0.2) is 15.0 Å². The molecule has 0 saturated carbocycles. The van der Waals surface area contributed by atoms with Gasteiger partial charge in [-0.05, 0) is 54.4 Å². The van der Waals surface area contributed by atoms with Crippen LogP contribution in [0.2, 0.25) is 5.02 Å². The first-order chi connectivity index (χ1) is 15.3. The standard InChI is InChI=1S/C24H21ClN2O3S2/c1-3-32(29,30)19-11-9-18(10-12-19)23(28)27(15-17-7-5-4-6-8-17)24-26-22-16(2)20(25)13-14-21(22)31-24/h4-14H,3,15H2,1-2H3. The van der Waals surface area contributed by atoms with E-state index < -0.39 is 9.84 Å². The van der Waals surface area contributed by atoms with Crippen LogP contribution in [-0.4, -0.2) is 25.1 Å². The van der Waals surface area contributed by atoms with Gasteiger partial charge in [-0.3, -0.25) is 9.69 Å². The lowest BCUT2D eigenvalue weighted by Crippen LogP contribution is -2.30. The smallest absolute Gasteiger partial charge is 0.260 e. The lowest BCUT2D eigenvalue weighted by Gasteiger charge is -2.20. The summed E-state index contributed by atoms with van der Waals surface area (Å²) in [4.78, 5) is 20.1. The Kier molecular flexibility index (Phi) is 6.33. The second-order valence-electron chi connectivity index (χ2n) is 7.32. The van der Waals surface area contributed by atoms with Gasteiger partial charge in [-0.1, -0.05) is 60.2 Å². The number of sulfone groups is 1. The minimum absolute atomic E-state index is 0.00798. The highest BCUT2D eigenvalue weighted by atomic mass is 35.5. The summed E-state index contributed by atoms with van der Waals surface area (Å²) >= 11 is 7.68. The predicted octanol–water partition coefficient (Wildman–Crippen LogP) is 5.90. The molecule has 1 heterocycles. The number of nitrogens with zero attached hydrogens (tertiary/aromatic N) is 2. The van der Waals surface area contributed by atoms with E-state index in [0.717, 1.165) is 21.3 Å². The molecule has 32 heavy (non-hydrogen) atoms. The van der Waals surface area contributed by atoms with Crippen LogP contribution in [0.4, 0.5) is 5.13 Å². The summed E-state index contributed by atoms with van der Waals surface area (Å²) in [6.07, 6.45) is 0. The molecular formula is C24H21ClN2O3S2. The van der Waals surface area contributed by atoms with Crippen molar-refractivity contribution in [1.82, 2.24) is 4.98 Å². The van der Waals surface area contributed by atoms with Crippen molar-refractivity contribution in [3.05, 3.63) is 88.4 Å². The molecule has 0 fully saturated rings. The molecule has 0 unspecified atom stereocenters. The number of carbonyl (C=O) groups is 1. The Balaban J connectivity index is 1.76. The van der Waals surface area contributed by atoms with Gasteiger partial charge >= 0.3 is 0 Å². The second kappa shape index (κ2) is 9.02. The summed E-state index contributed by atoms with van der Waals surface area (Å²) in [6, 6.07) is 19.5. The quantitative estimate of drug-likeness (QED) is 0.341. The number of amides is 1. The Morgan fingerprint density at radius 3 is 2.38 bits per heavy atom. The van der Waals surface area contributed by atoms with Gasteiger partial charge < -0.3 is 0 Å². The highest BCUT2D eigenvalue weighted by Gasteiger charge is 2.23. The lowest BCUT2D eigenvalue weighted by atomic mass is 10.1. The molecule has 0 N–H and O–H groups in total. The van der Waals surface area contributed by atoms with E-state index in [1.54, 1.807) is 24.0 Å². The van der Waals surface area contributed by atoms with Crippen LogP contribution in [0, 0.1) is 6.92 Å². The van der Waals surface area contributed by atoms with E-state index in [1.165, 1.54) is 23.5 Å². The van der Waals surface area contributed by atoms with E-state index in [9.17, 15) is 13.2 Å². The summed E-state index contributed by atoms with van der Waals surface area (Å²) in [5.41, 5.74) is 2.99. The molecule has 0 aliphatic heterocycles. The third-order valence-electron chi connectivity index (χ3n) is 5.24. The van der Waals surface area contributed by atoms with Gasteiger partial charge in [0, 0.05) is 10.6 Å². The summed E-state index contributed by atoms with van der Waals surface area (Å²) < 4.78 is 25.2. The number of hydrogen-bond acceptors (Lipinski definition) is 5. The molecule has 0 radical (unpaired) electrons. The van der Waals surface area contributed by atoms with Crippen molar-refractivity contribution in [2.24, 2.45) is 0 Å². The highest BCUT2D eigenvalue weighted by molar-refractivity contribution is 7.91. The van der Waals surface area contributed by atoms with Crippen LogP contribution in [-0.2, 0) is 16.4 Å². The SMILES string of the molecule is CCS(=O)(=O)c1ccc(C(=O)N(Cc2ccccc2)c2nc3c(C)c(Cl)ccc3s2)cc1. The van der Waals surface area contributed by atoms with Crippen molar-refractivity contribution in [3.8, 4) is 0 Å². The van der Waals surface area contributed by atoms with Gasteiger partial charge in [-0.2, -0.15) is 0 Å². The number of fused-ring (bicyclic) bond motifs is 1. The molecule has 4 aromatic rings. The van der Waals surface area contributed by atoms with Crippen molar-refractivity contribution in [2.45, 2.75) is 25.3 Å². The average molecular weight is 485 g/mol. The van der Waals surface area contributed by atoms with Gasteiger partial charge in [0.05, 0.1) is 27.4 Å². The van der Waals surface area contributed by atoms with E-state index in [4.69, 9.17) is 16.6 Å². The van der Waals surface area contributed by atoms with Crippen molar-refractivity contribution >= 4 is 54.0 Å². The van der Waals surface area contributed by atoms with Gasteiger partial charge in [0.2, 0.25) is 0 Å². The van der Waals surface area contributed by atoms with Gasteiger partial charge in [-0.25, -0.2) is 13.4 Å². The first-order valence-corrected chi connectivity index (χ1v) is 12.9. The fourth-order valence-corrected chi connectivity index (χ4v) is 5.38. The second-order valence-corrected chi connectivity index (χ2v) is 11.0. The van der Waals surface area contributed by atoms with Crippen LogP contribution in [0.3, 0.4) is 0 Å². The molecule has 0 aliphatic rings. The number of carbonyl (C=O) groups excluding carboxylic acids is 1. The van der Waals surface area contributed by atoms with Crippen LogP contribution < -0.4 is 4.90 Å². The zero-order valence-electron chi connectivity index (χ0n) is 17.6. The Bertz CT molecular complexity index is 1380. The number of benzene rings is 3. The third kappa shape index (κ3) is 4.41. The van der Waals surface area contributed by atoms with E-state index in [2.05, 4.69) is 0 Å². The summed E-state index contributed by atoms with van der Waals surface area (Å²) in [5, 5.41) is 1.19. The minimum atomic E-state index is -3.34. The topological polar surface area (TPSA) is 67.3 Å². The summed E-state index contributed by atoms with van der Waals surface area (Å²) in [6.45, 7) is 3.84. The van der Waals surface area contributed by atoms with Crippen LogP contribution in [0.25, 0.3) is 10.2 Å². The lowest BCUT2D eigenvalue weighted by molar-refractivity contribution is 0.0985. The van der Waals surface area contributed by atoms with Gasteiger partial charge in [0.1, 0.15) is 0 Å². The largest absolute Gasteiger partial charge is 0.279 e. The fourth-order valence-electron chi connectivity index (χ4n) is 3.32. The number of thiazole rings is 1. The molecule has 1 aromatic heterocycles. The Morgan fingerprint density at radius 2 is 1.72 bits per heavy atom. The molecule has 164 valence electrons. The van der Waals surface area contributed by atoms with Crippen LogP contribution in [0.15, 0.2) is 71.6 Å². The molecule has 0 spiro atoms. The molecule has 0 saturated heterocycles. The molecule has 8 heteroatoms. The number of aromatic nitrogens is 1. The van der Waals surface area contributed by atoms with Gasteiger partial charge in [-0.15, -0.1) is 0 Å². The minimum Gasteiger partial charge on any atom is -0.279 e. The number of rotatable bonds is 6. The Hall–Kier alpha value is -2.74. The normalized spacial score (nSPS) is 11.6. The molecule has 1 amide bonds. The molecule has 5 nitrogen and oxygen atoms in total. The fraction of sp³-hybridized carbons (Fsp3) is 0.167. The van der Waals surface area contributed by atoms with Crippen LogP contribution >= 0.6 is 22.9 Å². The predicted molar refractivity (Wildman–Crippen MR) is 130 cm³/mol. The molecule has 4 rings (SSSR count). The zero-order valence-corrected chi connectivity index (χ0v) is 20.0. The van der Waals surface area contributed by atoms with E-state index >= 15 is 0 Å². The molecule has 0 bridgehead atoms. The number of halogens is 1. The first kappa shape index (κ1) is 22.5. The molecule has 0 atom stereocenters. The zero-order chi connectivity index (χ0) is 22.9. The number of anilines is 1. The van der Waals surface area contributed by atoms with E-state index in [0.29, 0.717) is 22.3 Å². The molecular weight excluding hydrogens is 464 g/mol. The van der Waals surface area contributed by atoms with Crippen molar-refractivity contribution in [1.29, 1.82) is 0 Å². The summed E-state index contributed by atoms with van der Waals surface area (Å²) in [7, 11) is -3.34. The maximum absolute atomic E-state index is 13.5. The van der Waals surface area contributed by atoms with Crippen molar-refractivity contribution in [2.75, 3.05) is 10.7 Å². The molecule has 0 aliphatic carbocycles. The Labute approximate surface area is 196 Å². The van der Waals surface area contributed by atoms with Gasteiger partial charge in [0.25, 0.3) is 5.91 Å². The van der Waals surface area contributed by atoms with E-state index in [-0.39, 0.29) is 16.6 Å². The number of hydrogen-bond donors (Lipinski definition) is 0. The maximum Gasteiger partial charge on any atom is 0.260 e. The van der Waals surface area contributed by atoms with Crippen LogP contribution in [0.5, 0.6) is 0 Å². The first-order valence-electron chi connectivity index (χ1n) is 10.0. The average Bonchev–Trinajstić information content (AvgIpc) is 3.25.